The van der Waals surface area contributed by atoms with Crippen LogP contribution in [0.3, 0.4) is 0 Å². The summed E-state index contributed by atoms with van der Waals surface area (Å²) in [5.74, 6) is 2.75. The number of piperidine rings is 1. The average molecular weight is 303 g/mol. The molecule has 0 bridgehead atoms. The predicted octanol–water partition coefficient (Wildman–Crippen LogP) is 1.30. The molecule has 1 amide bonds. The molecule has 1 atom stereocenters. The topological polar surface area (TPSA) is 84.1 Å². The highest BCUT2D eigenvalue weighted by Crippen LogP contribution is 2.32. The third kappa shape index (κ3) is 3.74. The lowest BCUT2D eigenvalue weighted by Crippen LogP contribution is -2.42. The van der Waals surface area contributed by atoms with Gasteiger partial charge < -0.3 is 16.0 Å². The fraction of sp³-hybridized carbons (Fsp3) is 0.688. The number of aryl methyl sites for hydroxylation is 1. The minimum Gasteiger partial charge on any atom is -0.370 e. The van der Waals surface area contributed by atoms with Gasteiger partial charge in [-0.3, -0.25) is 4.79 Å². The van der Waals surface area contributed by atoms with Gasteiger partial charge in [-0.25, -0.2) is 9.97 Å². The van der Waals surface area contributed by atoms with Crippen molar-refractivity contribution in [1.82, 2.24) is 14.9 Å². The standard InChI is InChI=1S/C16H25N5O/c1-11-19-14(8-17)7-15(20-11)18-9-12-3-2-6-21(10-12)16(22)13-4-5-13/h7,12-13H,2-6,8-10,17H2,1H3,(H,18,19,20)/t12-/m0/s1. The molecule has 2 aliphatic rings. The van der Waals surface area contributed by atoms with Gasteiger partial charge in [0, 0.05) is 38.2 Å². The van der Waals surface area contributed by atoms with Crippen LogP contribution in [-0.2, 0) is 11.3 Å². The summed E-state index contributed by atoms with van der Waals surface area (Å²) in [4.78, 5) is 22.9. The Morgan fingerprint density at radius 2 is 2.23 bits per heavy atom. The van der Waals surface area contributed by atoms with E-state index < -0.39 is 0 Å². The molecule has 1 aromatic heterocycles. The highest BCUT2D eigenvalue weighted by atomic mass is 16.2. The number of likely N-dealkylation sites (tertiary alicyclic amines) is 1. The molecule has 120 valence electrons. The lowest BCUT2D eigenvalue weighted by molar-refractivity contribution is -0.134. The van der Waals surface area contributed by atoms with Crippen LogP contribution in [0.25, 0.3) is 0 Å². The molecular formula is C16H25N5O. The van der Waals surface area contributed by atoms with Crippen LogP contribution in [0.15, 0.2) is 6.07 Å². The summed E-state index contributed by atoms with van der Waals surface area (Å²) in [6.45, 7) is 4.94. The van der Waals surface area contributed by atoms with Gasteiger partial charge in [-0.05, 0) is 38.5 Å². The number of nitrogens with two attached hydrogens (primary N) is 1. The Hall–Kier alpha value is -1.69. The van der Waals surface area contributed by atoms with Gasteiger partial charge in [0.2, 0.25) is 5.91 Å². The Kier molecular flexibility index (Phi) is 4.57. The Morgan fingerprint density at radius 1 is 1.41 bits per heavy atom. The summed E-state index contributed by atoms with van der Waals surface area (Å²) in [5, 5.41) is 3.39. The molecule has 6 heteroatoms. The van der Waals surface area contributed by atoms with Gasteiger partial charge in [0.05, 0.1) is 5.69 Å². The first kappa shape index (κ1) is 15.2. The van der Waals surface area contributed by atoms with Crippen molar-refractivity contribution in [3.8, 4) is 0 Å². The third-order valence-corrected chi connectivity index (χ3v) is 4.43. The van der Waals surface area contributed by atoms with E-state index in [2.05, 4.69) is 20.2 Å². The minimum atomic E-state index is 0.323. The van der Waals surface area contributed by atoms with Crippen LogP contribution >= 0.6 is 0 Å². The second-order valence-corrected chi connectivity index (χ2v) is 6.44. The van der Waals surface area contributed by atoms with Gasteiger partial charge in [-0.15, -0.1) is 0 Å². The van der Waals surface area contributed by atoms with Crippen molar-refractivity contribution >= 4 is 11.7 Å². The number of carbonyl (C=O) groups excluding carboxylic acids is 1. The number of rotatable bonds is 5. The van der Waals surface area contributed by atoms with E-state index in [1.807, 2.05) is 13.0 Å². The van der Waals surface area contributed by atoms with E-state index in [1.165, 1.54) is 0 Å². The zero-order valence-electron chi connectivity index (χ0n) is 13.2. The van der Waals surface area contributed by atoms with E-state index in [1.54, 1.807) is 0 Å². The Balaban J connectivity index is 1.54. The van der Waals surface area contributed by atoms with Gasteiger partial charge in [0.1, 0.15) is 11.6 Å². The van der Waals surface area contributed by atoms with Gasteiger partial charge >= 0.3 is 0 Å². The second kappa shape index (κ2) is 6.60. The van der Waals surface area contributed by atoms with Crippen molar-refractivity contribution in [1.29, 1.82) is 0 Å². The quantitative estimate of drug-likeness (QED) is 0.856. The van der Waals surface area contributed by atoms with E-state index in [9.17, 15) is 4.79 Å². The third-order valence-electron chi connectivity index (χ3n) is 4.43. The number of nitrogens with zero attached hydrogens (tertiary/aromatic N) is 3. The van der Waals surface area contributed by atoms with E-state index in [-0.39, 0.29) is 0 Å². The number of anilines is 1. The molecule has 6 nitrogen and oxygen atoms in total. The van der Waals surface area contributed by atoms with Gasteiger partial charge in [-0.1, -0.05) is 0 Å². The molecule has 0 radical (unpaired) electrons. The van der Waals surface area contributed by atoms with Crippen LogP contribution in [0.1, 0.15) is 37.2 Å². The molecule has 2 fully saturated rings. The first-order valence-corrected chi connectivity index (χ1v) is 8.23. The maximum atomic E-state index is 12.2. The van der Waals surface area contributed by atoms with Crippen LogP contribution in [-0.4, -0.2) is 40.4 Å². The van der Waals surface area contributed by atoms with Crippen molar-refractivity contribution in [2.75, 3.05) is 25.0 Å². The summed E-state index contributed by atoms with van der Waals surface area (Å²) >= 11 is 0. The van der Waals surface area contributed by atoms with E-state index in [4.69, 9.17) is 5.73 Å². The molecule has 3 N–H and O–H groups in total. The summed E-state index contributed by atoms with van der Waals surface area (Å²) in [6, 6.07) is 1.91. The Morgan fingerprint density at radius 3 is 2.95 bits per heavy atom. The number of nitrogens with one attached hydrogen (secondary N) is 1. The molecule has 1 aromatic rings. The predicted molar refractivity (Wildman–Crippen MR) is 85.2 cm³/mol. The largest absolute Gasteiger partial charge is 0.370 e. The molecule has 1 aliphatic heterocycles. The first-order chi connectivity index (χ1) is 10.7. The Bertz CT molecular complexity index is 543. The first-order valence-electron chi connectivity index (χ1n) is 8.23. The maximum absolute atomic E-state index is 12.2. The monoisotopic (exact) mass is 303 g/mol. The van der Waals surface area contributed by atoms with Gasteiger partial charge in [0.15, 0.2) is 0 Å². The summed E-state index contributed by atoms with van der Waals surface area (Å²) < 4.78 is 0. The smallest absolute Gasteiger partial charge is 0.225 e. The van der Waals surface area contributed by atoms with E-state index >= 15 is 0 Å². The van der Waals surface area contributed by atoms with Crippen LogP contribution in [0.2, 0.25) is 0 Å². The van der Waals surface area contributed by atoms with Crippen molar-refractivity contribution in [3.05, 3.63) is 17.6 Å². The average Bonchev–Trinajstić information content (AvgIpc) is 3.37. The van der Waals surface area contributed by atoms with Crippen molar-refractivity contribution in [2.24, 2.45) is 17.6 Å². The molecule has 0 unspecified atom stereocenters. The molecule has 3 rings (SSSR count). The second-order valence-electron chi connectivity index (χ2n) is 6.44. The van der Waals surface area contributed by atoms with Crippen molar-refractivity contribution < 1.29 is 4.79 Å². The summed E-state index contributed by atoms with van der Waals surface area (Å²) in [5.41, 5.74) is 6.50. The zero-order chi connectivity index (χ0) is 15.5. The number of aromatic nitrogens is 2. The molecule has 1 saturated carbocycles. The summed E-state index contributed by atoms with van der Waals surface area (Å²) in [6.07, 6.45) is 4.43. The van der Waals surface area contributed by atoms with E-state index in [0.29, 0.717) is 24.3 Å². The number of hydrogen-bond acceptors (Lipinski definition) is 5. The number of hydrogen-bond donors (Lipinski definition) is 2. The summed E-state index contributed by atoms with van der Waals surface area (Å²) in [7, 11) is 0. The van der Waals surface area contributed by atoms with Gasteiger partial charge in [0.25, 0.3) is 0 Å². The number of amides is 1. The zero-order valence-corrected chi connectivity index (χ0v) is 13.2. The molecule has 1 saturated heterocycles. The maximum Gasteiger partial charge on any atom is 0.225 e. The normalized spacial score (nSPS) is 21.7. The molecule has 1 aliphatic carbocycles. The molecule has 0 aromatic carbocycles. The van der Waals surface area contributed by atoms with Crippen LogP contribution < -0.4 is 11.1 Å². The van der Waals surface area contributed by atoms with Gasteiger partial charge in [-0.2, -0.15) is 0 Å². The highest BCUT2D eigenvalue weighted by molar-refractivity contribution is 5.81. The molecular weight excluding hydrogens is 278 g/mol. The van der Waals surface area contributed by atoms with Crippen LogP contribution in [0, 0.1) is 18.8 Å². The lowest BCUT2D eigenvalue weighted by atomic mass is 9.97. The molecule has 0 spiro atoms. The van der Waals surface area contributed by atoms with E-state index in [0.717, 1.165) is 62.7 Å². The highest BCUT2D eigenvalue weighted by Gasteiger charge is 2.35. The number of carbonyl (C=O) groups is 1. The van der Waals surface area contributed by atoms with Crippen LogP contribution in [0.4, 0.5) is 5.82 Å². The fourth-order valence-corrected chi connectivity index (χ4v) is 3.09. The molecule has 2 heterocycles. The Labute approximate surface area is 131 Å². The van der Waals surface area contributed by atoms with Crippen LogP contribution in [0.5, 0.6) is 0 Å². The van der Waals surface area contributed by atoms with Crippen molar-refractivity contribution in [2.45, 2.75) is 39.2 Å². The fourth-order valence-electron chi connectivity index (χ4n) is 3.09. The SMILES string of the molecule is Cc1nc(CN)cc(NC[C@@H]2CCCN(C(=O)C3CC3)C2)n1. The molecule has 22 heavy (non-hydrogen) atoms. The minimum absolute atomic E-state index is 0.323. The lowest BCUT2D eigenvalue weighted by Gasteiger charge is -2.33. The van der Waals surface area contributed by atoms with Crippen molar-refractivity contribution in [3.63, 3.8) is 0 Å².